The predicted molar refractivity (Wildman–Crippen MR) is 122 cm³/mol. The van der Waals surface area contributed by atoms with Crippen LogP contribution in [0.2, 0.25) is 0 Å². The van der Waals surface area contributed by atoms with Crippen LogP contribution in [0.5, 0.6) is 5.75 Å². The van der Waals surface area contributed by atoms with Gasteiger partial charge in [0.25, 0.3) is 5.91 Å². The van der Waals surface area contributed by atoms with E-state index in [1.807, 2.05) is 62.4 Å². The third-order valence-corrected chi connectivity index (χ3v) is 5.58. The van der Waals surface area contributed by atoms with Gasteiger partial charge in [0.2, 0.25) is 5.91 Å². The van der Waals surface area contributed by atoms with E-state index in [1.165, 1.54) is 11.8 Å². The molecule has 0 fully saturated rings. The van der Waals surface area contributed by atoms with Crippen LogP contribution in [0.1, 0.15) is 29.8 Å². The Morgan fingerprint density at radius 3 is 2.50 bits per heavy atom. The van der Waals surface area contributed by atoms with E-state index < -0.39 is 0 Å². The number of hydrogen-bond acceptors (Lipinski definition) is 4. The van der Waals surface area contributed by atoms with Gasteiger partial charge in [-0.05, 0) is 60.5 Å². The summed E-state index contributed by atoms with van der Waals surface area (Å²) >= 11 is 1.37. The molecule has 6 heteroatoms. The fraction of sp³-hybridized carbons (Fsp3) is 0.250. The lowest BCUT2D eigenvalue weighted by Gasteiger charge is -2.12. The number of ether oxygens (including phenoxy) is 1. The summed E-state index contributed by atoms with van der Waals surface area (Å²) in [5, 5.41) is 8.03. The molecule has 0 spiro atoms. The van der Waals surface area contributed by atoms with E-state index >= 15 is 0 Å². The van der Waals surface area contributed by atoms with Crippen LogP contribution in [0, 0.1) is 0 Å². The van der Waals surface area contributed by atoms with E-state index in [0.29, 0.717) is 12.1 Å². The highest BCUT2D eigenvalue weighted by molar-refractivity contribution is 8.00. The second-order valence-electron chi connectivity index (χ2n) is 7.24. The molecule has 0 bridgehead atoms. The summed E-state index contributed by atoms with van der Waals surface area (Å²) in [4.78, 5) is 25.5. The van der Waals surface area contributed by atoms with Crippen molar-refractivity contribution in [2.75, 3.05) is 12.9 Å². The Morgan fingerprint density at radius 1 is 1.00 bits per heavy atom. The van der Waals surface area contributed by atoms with Crippen molar-refractivity contribution in [2.24, 2.45) is 0 Å². The Kier molecular flexibility index (Phi) is 7.36. The van der Waals surface area contributed by atoms with Gasteiger partial charge in [0, 0.05) is 17.5 Å². The standard InChI is InChI=1S/C24H26N2O3S/c1-16(2)26-23(27)15-30-22-7-5-4-6-21(22)24(28)25-14-17-8-9-19-13-20(29-3)11-10-18(19)12-17/h4-13,16H,14-15H2,1-3H3,(H,25,28)(H,26,27). The monoisotopic (exact) mass is 422 g/mol. The lowest BCUT2D eigenvalue weighted by atomic mass is 10.1. The second-order valence-corrected chi connectivity index (χ2v) is 8.25. The van der Waals surface area contributed by atoms with Gasteiger partial charge in [-0.25, -0.2) is 0 Å². The van der Waals surface area contributed by atoms with Crippen LogP contribution in [0.3, 0.4) is 0 Å². The lowest BCUT2D eigenvalue weighted by Crippen LogP contribution is -2.31. The van der Waals surface area contributed by atoms with Crippen molar-refractivity contribution in [2.45, 2.75) is 31.3 Å². The van der Waals surface area contributed by atoms with Crippen molar-refractivity contribution in [3.05, 3.63) is 71.8 Å². The minimum absolute atomic E-state index is 0.0435. The average molecular weight is 423 g/mol. The largest absolute Gasteiger partial charge is 0.497 e. The number of nitrogens with one attached hydrogen (secondary N) is 2. The van der Waals surface area contributed by atoms with Crippen LogP contribution in [-0.4, -0.2) is 30.7 Å². The average Bonchev–Trinajstić information content (AvgIpc) is 2.75. The van der Waals surface area contributed by atoms with E-state index in [2.05, 4.69) is 16.7 Å². The van der Waals surface area contributed by atoms with Gasteiger partial charge in [0.15, 0.2) is 0 Å². The minimum atomic E-state index is -0.155. The zero-order valence-corrected chi connectivity index (χ0v) is 18.2. The van der Waals surface area contributed by atoms with Gasteiger partial charge in [-0.1, -0.05) is 30.3 Å². The third-order valence-electron chi connectivity index (χ3n) is 4.51. The zero-order chi connectivity index (χ0) is 21.5. The molecule has 2 amide bonds. The zero-order valence-electron chi connectivity index (χ0n) is 17.4. The van der Waals surface area contributed by atoms with Crippen molar-refractivity contribution in [1.82, 2.24) is 10.6 Å². The van der Waals surface area contributed by atoms with Gasteiger partial charge < -0.3 is 15.4 Å². The Hall–Kier alpha value is -2.99. The molecule has 0 aliphatic heterocycles. The van der Waals surface area contributed by atoms with Crippen LogP contribution in [0.25, 0.3) is 10.8 Å². The topological polar surface area (TPSA) is 67.4 Å². The molecule has 3 aromatic carbocycles. The fourth-order valence-electron chi connectivity index (χ4n) is 3.07. The number of thioether (sulfide) groups is 1. The Labute approximate surface area is 181 Å². The van der Waals surface area contributed by atoms with Crippen LogP contribution >= 0.6 is 11.8 Å². The number of rotatable bonds is 8. The van der Waals surface area contributed by atoms with Crippen molar-refractivity contribution < 1.29 is 14.3 Å². The van der Waals surface area contributed by atoms with Crippen LogP contribution in [0.15, 0.2) is 65.6 Å². The number of hydrogen-bond donors (Lipinski definition) is 2. The molecule has 156 valence electrons. The van der Waals surface area contributed by atoms with E-state index in [0.717, 1.165) is 27.0 Å². The molecule has 3 aromatic rings. The summed E-state index contributed by atoms with van der Waals surface area (Å²) in [6, 6.07) is 19.5. The van der Waals surface area contributed by atoms with E-state index in [9.17, 15) is 9.59 Å². The molecule has 0 saturated carbocycles. The molecular formula is C24H26N2O3S. The Balaban J connectivity index is 1.65. The summed E-state index contributed by atoms with van der Waals surface area (Å²) in [6.45, 7) is 4.27. The summed E-state index contributed by atoms with van der Waals surface area (Å²) in [5.74, 6) is 0.895. The first-order valence-corrected chi connectivity index (χ1v) is 10.8. The van der Waals surface area contributed by atoms with E-state index in [4.69, 9.17) is 4.74 Å². The molecule has 5 nitrogen and oxygen atoms in total. The first kappa shape index (κ1) is 21.7. The number of methoxy groups -OCH3 is 1. The molecule has 0 aliphatic rings. The van der Waals surface area contributed by atoms with Gasteiger partial charge in [-0.15, -0.1) is 11.8 Å². The summed E-state index contributed by atoms with van der Waals surface area (Å²) in [6.07, 6.45) is 0. The number of amides is 2. The highest BCUT2D eigenvalue weighted by Gasteiger charge is 2.13. The molecule has 0 aromatic heterocycles. The lowest BCUT2D eigenvalue weighted by molar-refractivity contribution is -0.119. The quantitative estimate of drug-likeness (QED) is 0.528. The smallest absolute Gasteiger partial charge is 0.252 e. The van der Waals surface area contributed by atoms with Crippen molar-refractivity contribution in [3.63, 3.8) is 0 Å². The number of carbonyl (C=O) groups is 2. The molecule has 0 radical (unpaired) electrons. The van der Waals surface area contributed by atoms with Gasteiger partial charge in [0.1, 0.15) is 5.75 Å². The number of carbonyl (C=O) groups excluding carboxylic acids is 2. The SMILES string of the molecule is COc1ccc2cc(CNC(=O)c3ccccc3SCC(=O)NC(C)C)ccc2c1. The molecule has 0 atom stereocenters. The number of benzene rings is 3. The molecule has 0 saturated heterocycles. The van der Waals surface area contributed by atoms with Gasteiger partial charge in [-0.3, -0.25) is 9.59 Å². The first-order valence-electron chi connectivity index (χ1n) is 9.82. The highest BCUT2D eigenvalue weighted by Crippen LogP contribution is 2.24. The minimum Gasteiger partial charge on any atom is -0.497 e. The Bertz CT molecular complexity index is 1050. The predicted octanol–water partition coefficient (Wildman–Crippen LogP) is 4.40. The molecule has 2 N–H and O–H groups in total. The third kappa shape index (κ3) is 5.76. The molecule has 0 aliphatic carbocycles. The maximum atomic E-state index is 12.8. The van der Waals surface area contributed by atoms with Gasteiger partial charge >= 0.3 is 0 Å². The molecule has 30 heavy (non-hydrogen) atoms. The van der Waals surface area contributed by atoms with Crippen molar-refractivity contribution >= 4 is 34.3 Å². The van der Waals surface area contributed by atoms with Crippen molar-refractivity contribution in [3.8, 4) is 5.75 Å². The molecular weight excluding hydrogens is 396 g/mol. The maximum absolute atomic E-state index is 12.8. The van der Waals surface area contributed by atoms with E-state index in [1.54, 1.807) is 13.2 Å². The first-order chi connectivity index (χ1) is 14.5. The number of fused-ring (bicyclic) bond motifs is 1. The van der Waals surface area contributed by atoms with Crippen molar-refractivity contribution in [1.29, 1.82) is 0 Å². The van der Waals surface area contributed by atoms with Gasteiger partial charge in [0.05, 0.1) is 18.4 Å². The summed E-state index contributed by atoms with van der Waals surface area (Å²) in [7, 11) is 1.65. The Morgan fingerprint density at radius 2 is 1.73 bits per heavy atom. The molecule has 0 unspecified atom stereocenters. The molecule has 0 heterocycles. The maximum Gasteiger partial charge on any atom is 0.252 e. The van der Waals surface area contributed by atoms with Crippen LogP contribution in [0.4, 0.5) is 0 Å². The summed E-state index contributed by atoms with van der Waals surface area (Å²) in [5.41, 5.74) is 1.59. The fourth-order valence-corrected chi connectivity index (χ4v) is 3.94. The summed E-state index contributed by atoms with van der Waals surface area (Å²) < 4.78 is 5.26. The normalized spacial score (nSPS) is 10.8. The van der Waals surface area contributed by atoms with Gasteiger partial charge in [-0.2, -0.15) is 0 Å². The second kappa shape index (κ2) is 10.2. The van der Waals surface area contributed by atoms with Crippen LogP contribution in [-0.2, 0) is 11.3 Å². The molecule has 3 rings (SSSR count). The highest BCUT2D eigenvalue weighted by atomic mass is 32.2. The van der Waals surface area contributed by atoms with E-state index in [-0.39, 0.29) is 23.6 Å². The van der Waals surface area contributed by atoms with Crippen LogP contribution < -0.4 is 15.4 Å².